The van der Waals surface area contributed by atoms with Crippen molar-refractivity contribution in [1.82, 2.24) is 4.90 Å². The zero-order valence-electron chi connectivity index (χ0n) is 21.1. The third kappa shape index (κ3) is 4.67. The fourth-order valence-electron chi connectivity index (χ4n) is 6.62. The lowest BCUT2D eigenvalue weighted by Gasteiger charge is -2.54. The van der Waals surface area contributed by atoms with Gasteiger partial charge in [0.1, 0.15) is 36.9 Å². The Kier molecular flexibility index (Phi) is 6.38. The first-order valence-corrected chi connectivity index (χ1v) is 17.2. The van der Waals surface area contributed by atoms with Crippen LogP contribution in [0.4, 0.5) is 9.39 Å². The van der Waals surface area contributed by atoms with Crippen LogP contribution >= 0.6 is 11.3 Å². The first kappa shape index (κ1) is 26.5. The quantitative estimate of drug-likeness (QED) is 0.522. The summed E-state index contributed by atoms with van der Waals surface area (Å²) in [6.07, 6.45) is 4.83. The molecule has 0 radical (unpaired) electrons. The normalized spacial score (nSPS) is 27.6. The number of halogens is 1. The number of anilines is 1. The number of nitrogens with one attached hydrogen (secondary N) is 1. The number of aliphatic hydroxyl groups is 1. The molecule has 3 fully saturated rings. The number of hydrogen-bond donors (Lipinski definition) is 2. The summed E-state index contributed by atoms with van der Waals surface area (Å²) in [5.74, 6) is -1.46. The standard InChI is InChI=1S/C26H28FN3O6S3/c1-38(33,34)11-10-17-13-37-25-23(17)39(35,36)29-24(28-25)20-22(31)19-15-4-6-16(7-5-15)21(19)30(26(20)32)12-14-2-8-18(27)9-3-14/h2-3,8-9,13,15-16,19,21,31H,4-7,10-12H2,1H3,(H,28,29). The van der Waals surface area contributed by atoms with Crippen molar-refractivity contribution in [3.05, 3.63) is 57.9 Å². The molecule has 2 atom stereocenters. The Morgan fingerprint density at radius 1 is 1.15 bits per heavy atom. The van der Waals surface area contributed by atoms with Crippen LogP contribution in [0.1, 0.15) is 36.8 Å². The van der Waals surface area contributed by atoms with Crippen LogP contribution in [-0.2, 0) is 37.6 Å². The van der Waals surface area contributed by atoms with Gasteiger partial charge in [-0.25, -0.2) is 12.8 Å². The zero-order valence-corrected chi connectivity index (χ0v) is 23.6. The SMILES string of the molecule is CS(=O)(=O)CCc1csc2c1S(=O)(=O)N=C(C1=C(O)C3C4CCC(CC4)C3N(Cc3ccc(F)cc3)C1=O)N2. The monoisotopic (exact) mass is 593 g/mol. The molecule has 13 heteroatoms. The van der Waals surface area contributed by atoms with Crippen LogP contribution < -0.4 is 5.32 Å². The van der Waals surface area contributed by atoms with E-state index in [1.54, 1.807) is 22.4 Å². The largest absolute Gasteiger partial charge is 0.511 e. The van der Waals surface area contributed by atoms with Gasteiger partial charge >= 0.3 is 0 Å². The van der Waals surface area contributed by atoms with Crippen LogP contribution in [-0.4, -0.2) is 56.6 Å². The lowest BCUT2D eigenvalue weighted by molar-refractivity contribution is -0.140. The molecule has 1 aromatic heterocycles. The Bertz CT molecular complexity index is 1620. The molecule has 208 valence electrons. The Morgan fingerprint density at radius 2 is 1.82 bits per heavy atom. The number of carbonyl (C=O) groups is 1. The number of amidine groups is 1. The molecule has 2 aliphatic heterocycles. The van der Waals surface area contributed by atoms with E-state index in [2.05, 4.69) is 9.71 Å². The molecule has 2 unspecified atom stereocenters. The maximum atomic E-state index is 14.0. The van der Waals surface area contributed by atoms with Crippen molar-refractivity contribution < 1.29 is 31.1 Å². The lowest BCUT2D eigenvalue weighted by Crippen LogP contribution is -2.60. The molecule has 2 bridgehead atoms. The average Bonchev–Trinajstić information content (AvgIpc) is 3.30. The molecule has 1 aromatic carbocycles. The second-order valence-corrected chi connectivity index (χ2v) is 15.5. The molecular formula is C26H28FN3O6S3. The van der Waals surface area contributed by atoms with Crippen molar-refractivity contribution in [3.8, 4) is 0 Å². The van der Waals surface area contributed by atoms with E-state index in [-0.39, 0.29) is 75.4 Å². The van der Waals surface area contributed by atoms with Crippen molar-refractivity contribution in [1.29, 1.82) is 0 Å². The fraction of sp³-hybridized carbons (Fsp3) is 0.462. The molecule has 1 amide bonds. The molecular weight excluding hydrogens is 566 g/mol. The second kappa shape index (κ2) is 9.41. The predicted molar refractivity (Wildman–Crippen MR) is 145 cm³/mol. The molecule has 3 heterocycles. The van der Waals surface area contributed by atoms with E-state index in [9.17, 15) is 31.1 Å². The lowest BCUT2D eigenvalue weighted by atomic mass is 9.59. The van der Waals surface area contributed by atoms with E-state index in [4.69, 9.17) is 0 Å². The molecule has 2 N–H and O–H groups in total. The van der Waals surface area contributed by atoms with Crippen LogP contribution in [0.5, 0.6) is 0 Å². The first-order valence-electron chi connectivity index (χ1n) is 12.8. The third-order valence-electron chi connectivity index (χ3n) is 8.35. The minimum Gasteiger partial charge on any atom is -0.511 e. The second-order valence-electron chi connectivity index (χ2n) is 10.9. The number of nitrogens with zero attached hydrogens (tertiary/aromatic N) is 2. The number of aliphatic hydroxyl groups excluding tert-OH is 1. The zero-order chi connectivity index (χ0) is 27.7. The van der Waals surface area contributed by atoms with E-state index < -0.39 is 25.8 Å². The number of amides is 1. The summed E-state index contributed by atoms with van der Waals surface area (Å²) in [5, 5.41) is 16.3. The van der Waals surface area contributed by atoms with Crippen molar-refractivity contribution in [2.75, 3.05) is 17.3 Å². The van der Waals surface area contributed by atoms with Gasteiger partial charge in [0, 0.05) is 24.8 Å². The van der Waals surface area contributed by atoms with Gasteiger partial charge in [-0.1, -0.05) is 12.1 Å². The average molecular weight is 594 g/mol. The molecule has 5 aliphatic rings. The van der Waals surface area contributed by atoms with Gasteiger partial charge < -0.3 is 15.3 Å². The van der Waals surface area contributed by atoms with Gasteiger partial charge in [0.2, 0.25) is 0 Å². The number of carbonyl (C=O) groups excluding carboxylic acids is 1. The summed E-state index contributed by atoms with van der Waals surface area (Å²) in [4.78, 5) is 15.6. The number of sulfonamides is 1. The molecule has 39 heavy (non-hydrogen) atoms. The molecule has 3 aliphatic carbocycles. The van der Waals surface area contributed by atoms with Gasteiger partial charge in [0.25, 0.3) is 15.9 Å². The summed E-state index contributed by atoms with van der Waals surface area (Å²) in [5.41, 5.74) is 0.908. The van der Waals surface area contributed by atoms with Crippen LogP contribution in [0.15, 0.2) is 50.3 Å². The number of sulfone groups is 1. The summed E-state index contributed by atoms with van der Waals surface area (Å²) in [6, 6.07) is 5.67. The molecule has 9 nitrogen and oxygen atoms in total. The number of thiophene rings is 1. The van der Waals surface area contributed by atoms with E-state index in [0.717, 1.165) is 48.8 Å². The number of aryl methyl sites for hydroxylation is 1. The molecule has 3 saturated carbocycles. The summed E-state index contributed by atoms with van der Waals surface area (Å²) < 4.78 is 67.4. The smallest absolute Gasteiger partial charge is 0.287 e. The van der Waals surface area contributed by atoms with Crippen LogP contribution in [0.2, 0.25) is 0 Å². The first-order chi connectivity index (χ1) is 18.4. The number of rotatable bonds is 6. The van der Waals surface area contributed by atoms with Crippen molar-refractivity contribution in [3.63, 3.8) is 0 Å². The van der Waals surface area contributed by atoms with Gasteiger partial charge in [-0.2, -0.15) is 8.42 Å². The van der Waals surface area contributed by atoms with E-state index in [0.29, 0.717) is 5.56 Å². The van der Waals surface area contributed by atoms with Gasteiger partial charge in [-0.05, 0) is 72.6 Å². The Morgan fingerprint density at radius 3 is 2.49 bits per heavy atom. The van der Waals surface area contributed by atoms with Crippen molar-refractivity contribution in [2.45, 2.75) is 49.6 Å². The Hall–Kier alpha value is -2.77. The van der Waals surface area contributed by atoms with E-state index in [1.165, 1.54) is 12.1 Å². The molecule has 0 saturated heterocycles. The Balaban J connectivity index is 1.40. The highest BCUT2D eigenvalue weighted by Gasteiger charge is 2.54. The summed E-state index contributed by atoms with van der Waals surface area (Å²) >= 11 is 1.08. The molecule has 7 rings (SSSR count). The Labute approximate surface area is 230 Å². The highest BCUT2D eigenvalue weighted by Crippen LogP contribution is 2.52. The minimum absolute atomic E-state index is 0.0155. The number of benzene rings is 1. The molecule has 2 aromatic rings. The third-order valence-corrected chi connectivity index (χ3v) is 11.8. The maximum absolute atomic E-state index is 14.0. The van der Waals surface area contributed by atoms with Gasteiger partial charge in [0.15, 0.2) is 5.84 Å². The van der Waals surface area contributed by atoms with Gasteiger partial charge in [-0.15, -0.1) is 15.7 Å². The summed E-state index contributed by atoms with van der Waals surface area (Å²) in [7, 11) is -7.59. The molecule has 0 spiro atoms. The number of fused-ring (bicyclic) bond motifs is 3. The van der Waals surface area contributed by atoms with Crippen molar-refractivity contribution in [2.24, 2.45) is 22.2 Å². The van der Waals surface area contributed by atoms with E-state index >= 15 is 0 Å². The van der Waals surface area contributed by atoms with E-state index in [1.807, 2.05) is 0 Å². The highest BCUT2D eigenvalue weighted by molar-refractivity contribution is 7.91. The predicted octanol–water partition coefficient (Wildman–Crippen LogP) is 3.65. The van der Waals surface area contributed by atoms with Crippen molar-refractivity contribution >= 4 is 47.9 Å². The highest BCUT2D eigenvalue weighted by atomic mass is 32.2. The topological polar surface area (TPSA) is 133 Å². The van der Waals surface area contributed by atoms with Crippen LogP contribution in [0.25, 0.3) is 0 Å². The minimum atomic E-state index is -4.28. The maximum Gasteiger partial charge on any atom is 0.287 e. The fourth-order valence-corrected chi connectivity index (χ4v) is 9.88. The number of hydrogen-bond acceptors (Lipinski definition) is 8. The van der Waals surface area contributed by atoms with Crippen LogP contribution in [0.3, 0.4) is 0 Å². The van der Waals surface area contributed by atoms with Gasteiger partial charge in [-0.3, -0.25) is 4.79 Å². The van der Waals surface area contributed by atoms with Gasteiger partial charge in [0.05, 0.1) is 5.75 Å². The van der Waals surface area contributed by atoms with Crippen LogP contribution in [0, 0.1) is 23.6 Å². The summed E-state index contributed by atoms with van der Waals surface area (Å²) in [6.45, 7) is 0.195.